The minimum Gasteiger partial charge on any atom is -0.496 e. The molecule has 112 valence electrons. The lowest BCUT2D eigenvalue weighted by Crippen LogP contribution is -2.02. The normalized spacial score (nSPS) is 10.4. The van der Waals surface area contributed by atoms with Crippen LogP contribution in [0.5, 0.6) is 5.75 Å². The molecule has 0 spiro atoms. The first-order valence-electron chi connectivity index (χ1n) is 6.94. The van der Waals surface area contributed by atoms with E-state index in [0.717, 1.165) is 29.8 Å². The number of methoxy groups -OCH3 is 1. The predicted octanol–water partition coefficient (Wildman–Crippen LogP) is 5.13. The molecule has 0 saturated heterocycles. The largest absolute Gasteiger partial charge is 0.496 e. The molecule has 0 aromatic heterocycles. The van der Waals surface area contributed by atoms with Gasteiger partial charge < -0.3 is 10.1 Å². The summed E-state index contributed by atoms with van der Waals surface area (Å²) < 4.78 is 5.35. The molecule has 2 aromatic rings. The molecule has 0 radical (unpaired) electrons. The maximum atomic E-state index is 6.04. The van der Waals surface area contributed by atoms with Gasteiger partial charge in [0.15, 0.2) is 0 Å². The monoisotopic (exact) mass is 323 g/mol. The van der Waals surface area contributed by atoms with Crippen molar-refractivity contribution < 1.29 is 4.74 Å². The van der Waals surface area contributed by atoms with Crippen molar-refractivity contribution in [2.75, 3.05) is 18.3 Å². The molecule has 1 N–H and O–H groups in total. The molecule has 21 heavy (non-hydrogen) atoms. The summed E-state index contributed by atoms with van der Waals surface area (Å²) in [4.78, 5) is 0. The first kappa shape index (κ1) is 16.0. The SMILES string of the molecule is COc1ccc(Cl)cc1CNc1cccc(CCCCl)c1. The summed E-state index contributed by atoms with van der Waals surface area (Å²) in [7, 11) is 1.67. The number of nitrogens with one attached hydrogen (secondary N) is 1. The molecule has 0 fully saturated rings. The van der Waals surface area contributed by atoms with Gasteiger partial charge in [0.2, 0.25) is 0 Å². The lowest BCUT2D eigenvalue weighted by atomic mass is 10.1. The Hall–Kier alpha value is -1.38. The second-order valence-electron chi connectivity index (χ2n) is 4.80. The van der Waals surface area contributed by atoms with Crippen molar-refractivity contribution in [3.05, 3.63) is 58.6 Å². The molecule has 4 heteroatoms. The van der Waals surface area contributed by atoms with Crippen molar-refractivity contribution in [1.82, 2.24) is 0 Å². The van der Waals surface area contributed by atoms with E-state index in [1.54, 1.807) is 7.11 Å². The lowest BCUT2D eigenvalue weighted by Gasteiger charge is -2.12. The summed E-state index contributed by atoms with van der Waals surface area (Å²) in [5.41, 5.74) is 3.42. The van der Waals surface area contributed by atoms with Gasteiger partial charge in [-0.3, -0.25) is 0 Å². The Morgan fingerprint density at radius 1 is 1.14 bits per heavy atom. The summed E-state index contributed by atoms with van der Waals surface area (Å²) in [6.07, 6.45) is 1.99. The Morgan fingerprint density at radius 2 is 2.00 bits per heavy atom. The van der Waals surface area contributed by atoms with Crippen molar-refractivity contribution in [3.8, 4) is 5.75 Å². The molecule has 0 amide bonds. The van der Waals surface area contributed by atoms with Gasteiger partial charge in [0.25, 0.3) is 0 Å². The molecule has 0 aliphatic heterocycles. The lowest BCUT2D eigenvalue weighted by molar-refractivity contribution is 0.410. The van der Waals surface area contributed by atoms with Crippen LogP contribution in [-0.2, 0) is 13.0 Å². The second kappa shape index (κ2) is 8.16. The van der Waals surface area contributed by atoms with Gasteiger partial charge in [0.05, 0.1) is 7.11 Å². The van der Waals surface area contributed by atoms with Crippen LogP contribution in [-0.4, -0.2) is 13.0 Å². The molecular formula is C17H19Cl2NO. The molecule has 0 bridgehead atoms. The van der Waals surface area contributed by atoms with Crippen LogP contribution in [0.1, 0.15) is 17.5 Å². The van der Waals surface area contributed by atoms with Crippen LogP contribution in [0.2, 0.25) is 5.02 Å². The number of benzene rings is 2. The molecule has 2 nitrogen and oxygen atoms in total. The molecule has 0 aliphatic rings. The highest BCUT2D eigenvalue weighted by atomic mass is 35.5. The van der Waals surface area contributed by atoms with E-state index in [0.29, 0.717) is 17.4 Å². The summed E-state index contributed by atoms with van der Waals surface area (Å²) in [5.74, 6) is 1.53. The average molecular weight is 324 g/mol. The summed E-state index contributed by atoms with van der Waals surface area (Å²) in [5, 5.41) is 4.12. The standard InChI is InChI=1S/C17H19Cl2NO/c1-21-17-8-7-15(19)11-14(17)12-20-16-6-2-4-13(10-16)5-3-9-18/h2,4,6-8,10-11,20H,3,5,9,12H2,1H3. The van der Waals surface area contributed by atoms with E-state index in [2.05, 4.69) is 29.6 Å². The third kappa shape index (κ3) is 4.83. The zero-order valence-corrected chi connectivity index (χ0v) is 13.5. The topological polar surface area (TPSA) is 21.3 Å². The minimum absolute atomic E-state index is 0.669. The number of halogens is 2. The van der Waals surface area contributed by atoms with Crippen molar-refractivity contribution in [3.63, 3.8) is 0 Å². The minimum atomic E-state index is 0.669. The van der Waals surface area contributed by atoms with E-state index in [1.165, 1.54) is 5.56 Å². The Bertz CT molecular complexity index is 587. The van der Waals surface area contributed by atoms with E-state index in [-0.39, 0.29) is 0 Å². The van der Waals surface area contributed by atoms with E-state index < -0.39 is 0 Å². The van der Waals surface area contributed by atoms with Crippen LogP contribution in [0.15, 0.2) is 42.5 Å². The molecule has 0 unspecified atom stereocenters. The number of aryl methyl sites for hydroxylation is 1. The van der Waals surface area contributed by atoms with Crippen LogP contribution in [0.3, 0.4) is 0 Å². The van der Waals surface area contributed by atoms with Crippen molar-refractivity contribution in [1.29, 1.82) is 0 Å². The quantitative estimate of drug-likeness (QED) is 0.713. The van der Waals surface area contributed by atoms with Crippen LogP contribution in [0, 0.1) is 0 Å². The maximum absolute atomic E-state index is 6.04. The summed E-state index contributed by atoms with van der Waals surface area (Å²) >= 11 is 11.8. The number of alkyl halides is 1. The Kier molecular flexibility index (Phi) is 6.21. The van der Waals surface area contributed by atoms with Crippen molar-refractivity contribution >= 4 is 28.9 Å². The highest BCUT2D eigenvalue weighted by molar-refractivity contribution is 6.30. The van der Waals surface area contributed by atoms with Gasteiger partial charge in [-0.25, -0.2) is 0 Å². The van der Waals surface area contributed by atoms with Gasteiger partial charge in [-0.05, 0) is 48.7 Å². The highest BCUT2D eigenvalue weighted by Crippen LogP contribution is 2.24. The number of rotatable bonds is 7. The fraction of sp³-hybridized carbons (Fsp3) is 0.294. The fourth-order valence-electron chi connectivity index (χ4n) is 2.19. The highest BCUT2D eigenvalue weighted by Gasteiger charge is 2.04. The molecular weight excluding hydrogens is 305 g/mol. The van der Waals surface area contributed by atoms with E-state index in [9.17, 15) is 0 Å². The molecule has 0 atom stereocenters. The van der Waals surface area contributed by atoms with E-state index in [1.807, 2.05) is 18.2 Å². The number of anilines is 1. The smallest absolute Gasteiger partial charge is 0.123 e. The third-order valence-corrected chi connectivity index (χ3v) is 3.75. The average Bonchev–Trinajstić information content (AvgIpc) is 2.51. The van der Waals surface area contributed by atoms with Gasteiger partial charge in [-0.1, -0.05) is 23.7 Å². The summed E-state index contributed by atoms with van der Waals surface area (Å²) in [6, 6.07) is 14.0. The van der Waals surface area contributed by atoms with Crippen molar-refractivity contribution in [2.45, 2.75) is 19.4 Å². The van der Waals surface area contributed by atoms with Gasteiger partial charge in [0, 0.05) is 28.7 Å². The third-order valence-electron chi connectivity index (χ3n) is 3.25. The predicted molar refractivity (Wildman–Crippen MR) is 90.8 cm³/mol. The van der Waals surface area contributed by atoms with Gasteiger partial charge in [0.1, 0.15) is 5.75 Å². The van der Waals surface area contributed by atoms with Crippen LogP contribution in [0.4, 0.5) is 5.69 Å². The van der Waals surface area contributed by atoms with Crippen LogP contribution in [0.25, 0.3) is 0 Å². The maximum Gasteiger partial charge on any atom is 0.123 e. The zero-order chi connectivity index (χ0) is 15.1. The van der Waals surface area contributed by atoms with Gasteiger partial charge >= 0.3 is 0 Å². The Morgan fingerprint density at radius 3 is 2.76 bits per heavy atom. The van der Waals surface area contributed by atoms with Crippen LogP contribution < -0.4 is 10.1 Å². The molecule has 0 heterocycles. The van der Waals surface area contributed by atoms with E-state index >= 15 is 0 Å². The number of hydrogen-bond donors (Lipinski definition) is 1. The number of hydrogen-bond acceptors (Lipinski definition) is 2. The van der Waals surface area contributed by atoms with E-state index in [4.69, 9.17) is 27.9 Å². The molecule has 2 rings (SSSR count). The Balaban J connectivity index is 2.04. The molecule has 2 aromatic carbocycles. The summed E-state index contributed by atoms with van der Waals surface area (Å²) in [6.45, 7) is 0.669. The fourth-order valence-corrected chi connectivity index (χ4v) is 2.52. The van der Waals surface area contributed by atoms with Gasteiger partial charge in [-0.2, -0.15) is 0 Å². The number of ether oxygens (including phenoxy) is 1. The first-order chi connectivity index (χ1) is 10.2. The molecule has 0 aliphatic carbocycles. The first-order valence-corrected chi connectivity index (χ1v) is 7.85. The molecule has 0 saturated carbocycles. The zero-order valence-electron chi connectivity index (χ0n) is 12.0. The van der Waals surface area contributed by atoms with Crippen molar-refractivity contribution in [2.24, 2.45) is 0 Å². The van der Waals surface area contributed by atoms with Gasteiger partial charge in [-0.15, -0.1) is 11.6 Å². The van der Waals surface area contributed by atoms with Crippen LogP contribution >= 0.6 is 23.2 Å². The Labute approximate surface area is 136 Å². The second-order valence-corrected chi connectivity index (χ2v) is 5.62.